The molecule has 0 bridgehead atoms. The summed E-state index contributed by atoms with van der Waals surface area (Å²) in [5, 5.41) is 0. The molecule has 0 amide bonds. The Labute approximate surface area is 39.0 Å². The maximum atomic E-state index is 3.96. The molecule has 1 heteroatoms. The Balaban J connectivity index is 2.19. The molecule has 0 heterocycles. The van der Waals surface area contributed by atoms with Gasteiger partial charge in [-0.1, -0.05) is 13.3 Å². The van der Waals surface area contributed by atoms with Crippen molar-refractivity contribution in [3.05, 3.63) is 6.92 Å². The predicted octanol–water partition coefficient (Wildman–Crippen LogP) is 1.53. The minimum Gasteiger partial charge on any atom is -0.179 e. The van der Waals surface area contributed by atoms with Crippen LogP contribution >= 0.6 is 12.6 Å². The van der Waals surface area contributed by atoms with E-state index in [0.717, 1.165) is 18.6 Å². The lowest BCUT2D eigenvalue weighted by Crippen LogP contribution is -1.65. The van der Waals surface area contributed by atoms with Gasteiger partial charge in [0.1, 0.15) is 0 Å². The van der Waals surface area contributed by atoms with Crippen LogP contribution < -0.4 is 0 Å². The van der Waals surface area contributed by atoms with Crippen molar-refractivity contribution in [2.75, 3.05) is 5.75 Å². The average Bonchev–Trinajstić information content (AvgIpc) is 1.41. The first kappa shape index (κ1) is 5.35. The molecule has 0 aromatic rings. The van der Waals surface area contributed by atoms with Crippen LogP contribution in [0.2, 0.25) is 0 Å². The highest BCUT2D eigenvalue weighted by molar-refractivity contribution is 7.80. The van der Waals surface area contributed by atoms with Crippen molar-refractivity contribution in [2.24, 2.45) is 0 Å². The molecule has 0 N–H and O–H groups in total. The second-order valence-electron chi connectivity index (χ2n) is 0.931. The minimum atomic E-state index is 0.976. The highest BCUT2D eigenvalue weighted by atomic mass is 32.1. The van der Waals surface area contributed by atoms with Crippen LogP contribution in [-0.4, -0.2) is 5.75 Å². The Morgan fingerprint density at radius 3 is 2.20 bits per heavy atom. The van der Waals surface area contributed by atoms with E-state index in [0.29, 0.717) is 0 Å². The van der Waals surface area contributed by atoms with Crippen molar-refractivity contribution in [1.29, 1.82) is 0 Å². The molecule has 0 rings (SSSR count). The summed E-state index contributed by atoms with van der Waals surface area (Å²) in [6.45, 7) is 3.63. The summed E-state index contributed by atoms with van der Waals surface area (Å²) in [6, 6.07) is 0. The maximum absolute atomic E-state index is 3.96. The molecule has 0 spiro atoms. The van der Waals surface area contributed by atoms with E-state index < -0.39 is 0 Å². The molecule has 1 radical (unpaired) electrons. The van der Waals surface area contributed by atoms with E-state index in [1.54, 1.807) is 0 Å². The fourth-order valence-corrected chi connectivity index (χ4v) is 0.335. The van der Waals surface area contributed by atoms with Gasteiger partial charge in [0.15, 0.2) is 0 Å². The molecular formula is C4H9S. The van der Waals surface area contributed by atoms with Crippen LogP contribution in [0.4, 0.5) is 0 Å². The lowest BCUT2D eigenvalue weighted by atomic mass is 10.4. The summed E-state index contributed by atoms with van der Waals surface area (Å²) >= 11 is 3.96. The van der Waals surface area contributed by atoms with Crippen LogP contribution in [0.3, 0.4) is 0 Å². The third-order valence-electron chi connectivity index (χ3n) is 0.408. The van der Waals surface area contributed by atoms with Crippen LogP contribution in [0, 0.1) is 6.92 Å². The highest BCUT2D eigenvalue weighted by Gasteiger charge is 1.68. The molecule has 0 aliphatic rings. The lowest BCUT2D eigenvalue weighted by molar-refractivity contribution is 0.973. The van der Waals surface area contributed by atoms with Crippen LogP contribution in [0.15, 0.2) is 0 Å². The summed E-state index contributed by atoms with van der Waals surface area (Å²) in [4.78, 5) is 0. The molecule has 0 saturated heterocycles. The van der Waals surface area contributed by atoms with Gasteiger partial charge in [0.25, 0.3) is 0 Å². The molecule has 0 fully saturated rings. The lowest BCUT2D eigenvalue weighted by Gasteiger charge is -1.78. The van der Waals surface area contributed by atoms with E-state index in [-0.39, 0.29) is 0 Å². The molecule has 5 heavy (non-hydrogen) atoms. The molecule has 0 saturated carbocycles. The minimum absolute atomic E-state index is 0.976. The van der Waals surface area contributed by atoms with Gasteiger partial charge in [-0.05, 0) is 12.2 Å². The fourth-order valence-electron chi connectivity index (χ4n) is 0.112. The molecule has 0 aliphatic carbocycles. The van der Waals surface area contributed by atoms with E-state index in [1.807, 2.05) is 0 Å². The molecule has 0 unspecified atom stereocenters. The summed E-state index contributed by atoms with van der Waals surface area (Å²) in [6.07, 6.45) is 2.16. The van der Waals surface area contributed by atoms with Crippen molar-refractivity contribution in [3.63, 3.8) is 0 Å². The van der Waals surface area contributed by atoms with Gasteiger partial charge < -0.3 is 0 Å². The van der Waals surface area contributed by atoms with Gasteiger partial charge in [-0.15, -0.1) is 0 Å². The summed E-state index contributed by atoms with van der Waals surface area (Å²) < 4.78 is 0. The van der Waals surface area contributed by atoms with Gasteiger partial charge in [0, 0.05) is 0 Å². The standard InChI is InChI=1S/C4H9S/c1-2-3-4-5/h5H,1-4H2. The maximum Gasteiger partial charge on any atom is -0.00979 e. The molecule has 0 aromatic heterocycles. The smallest absolute Gasteiger partial charge is 0.00979 e. The SMILES string of the molecule is [CH2]CCCS. The van der Waals surface area contributed by atoms with Gasteiger partial charge in [-0.2, -0.15) is 12.6 Å². The topological polar surface area (TPSA) is 0 Å². The van der Waals surface area contributed by atoms with Gasteiger partial charge in [-0.25, -0.2) is 0 Å². The zero-order chi connectivity index (χ0) is 4.12. The number of hydrogen-bond donors (Lipinski definition) is 1. The first-order chi connectivity index (χ1) is 2.41. The molecule has 0 nitrogen and oxygen atoms in total. The number of hydrogen-bond acceptors (Lipinski definition) is 1. The van der Waals surface area contributed by atoms with Crippen molar-refractivity contribution in [3.8, 4) is 0 Å². The van der Waals surface area contributed by atoms with E-state index in [1.165, 1.54) is 0 Å². The Kier molecular flexibility index (Phi) is 4.65. The second-order valence-corrected chi connectivity index (χ2v) is 1.38. The van der Waals surface area contributed by atoms with Gasteiger partial charge >= 0.3 is 0 Å². The van der Waals surface area contributed by atoms with Crippen LogP contribution in [-0.2, 0) is 0 Å². The van der Waals surface area contributed by atoms with Crippen molar-refractivity contribution < 1.29 is 0 Å². The molecular weight excluding hydrogens is 80.1 g/mol. The molecule has 0 aromatic carbocycles. The summed E-state index contributed by atoms with van der Waals surface area (Å²) in [5.41, 5.74) is 0. The Bertz CT molecular complexity index is 11.1. The largest absolute Gasteiger partial charge is 0.179 e. The van der Waals surface area contributed by atoms with Crippen LogP contribution in [0.1, 0.15) is 12.8 Å². The average molecular weight is 89.2 g/mol. The highest BCUT2D eigenvalue weighted by Crippen LogP contribution is 1.85. The summed E-state index contributed by atoms with van der Waals surface area (Å²) in [7, 11) is 0. The first-order valence-corrected chi connectivity index (χ1v) is 2.45. The first-order valence-electron chi connectivity index (χ1n) is 1.82. The second kappa shape index (κ2) is 4.35. The normalized spacial score (nSPS) is 8.40. The van der Waals surface area contributed by atoms with Crippen LogP contribution in [0.25, 0.3) is 0 Å². The Morgan fingerprint density at radius 1 is 1.60 bits per heavy atom. The van der Waals surface area contributed by atoms with E-state index in [9.17, 15) is 0 Å². The monoisotopic (exact) mass is 89.0 g/mol. The molecule has 0 atom stereocenters. The fraction of sp³-hybridized carbons (Fsp3) is 0.750. The zero-order valence-electron chi connectivity index (χ0n) is 3.28. The van der Waals surface area contributed by atoms with E-state index in [4.69, 9.17) is 0 Å². The van der Waals surface area contributed by atoms with Gasteiger partial charge in [0.2, 0.25) is 0 Å². The Hall–Kier alpha value is 0.350. The van der Waals surface area contributed by atoms with Gasteiger partial charge in [-0.3, -0.25) is 0 Å². The third kappa shape index (κ3) is 4.35. The van der Waals surface area contributed by atoms with E-state index >= 15 is 0 Å². The van der Waals surface area contributed by atoms with Crippen molar-refractivity contribution in [2.45, 2.75) is 12.8 Å². The molecule has 31 valence electrons. The van der Waals surface area contributed by atoms with Crippen molar-refractivity contribution in [1.82, 2.24) is 0 Å². The van der Waals surface area contributed by atoms with Crippen LogP contribution in [0.5, 0.6) is 0 Å². The molecule has 0 aliphatic heterocycles. The zero-order valence-corrected chi connectivity index (χ0v) is 4.17. The van der Waals surface area contributed by atoms with E-state index in [2.05, 4.69) is 19.6 Å². The number of unbranched alkanes of at least 4 members (excludes halogenated alkanes) is 1. The van der Waals surface area contributed by atoms with Gasteiger partial charge in [0.05, 0.1) is 0 Å². The van der Waals surface area contributed by atoms with Crippen molar-refractivity contribution >= 4 is 12.6 Å². The Morgan fingerprint density at radius 2 is 2.20 bits per heavy atom. The third-order valence-corrected chi connectivity index (χ3v) is 0.724. The summed E-state index contributed by atoms with van der Waals surface area (Å²) in [5.74, 6) is 0.976. The predicted molar refractivity (Wildman–Crippen MR) is 28.4 cm³/mol. The quantitative estimate of drug-likeness (QED) is 0.487. The number of rotatable bonds is 2. The number of thiol groups is 1.